The fourth-order valence-corrected chi connectivity index (χ4v) is 2.14. The molecule has 0 bridgehead atoms. The van der Waals surface area contributed by atoms with Crippen molar-refractivity contribution in [2.24, 2.45) is 0 Å². The van der Waals surface area contributed by atoms with Crippen LogP contribution in [0.4, 0.5) is 10.2 Å². The van der Waals surface area contributed by atoms with E-state index >= 15 is 0 Å². The average molecular weight is 334 g/mol. The number of anilines is 1. The summed E-state index contributed by atoms with van der Waals surface area (Å²) in [5, 5.41) is 8.96. The molecule has 2 rings (SSSR count). The molecule has 5 heteroatoms. The SMILES string of the molecule is CN(CCc1ccccc1F)c1ccc(Br)c(C#N)n1. The smallest absolute Gasteiger partial charge is 0.157 e. The van der Waals surface area contributed by atoms with E-state index in [-0.39, 0.29) is 5.82 Å². The second-order valence-electron chi connectivity index (χ2n) is 4.37. The summed E-state index contributed by atoms with van der Waals surface area (Å²) in [4.78, 5) is 6.15. The van der Waals surface area contributed by atoms with E-state index in [4.69, 9.17) is 5.26 Å². The maximum atomic E-state index is 13.5. The monoisotopic (exact) mass is 333 g/mol. The van der Waals surface area contributed by atoms with Gasteiger partial charge in [0.25, 0.3) is 0 Å². The minimum absolute atomic E-state index is 0.192. The van der Waals surface area contributed by atoms with Gasteiger partial charge in [0.05, 0.1) is 4.47 Å². The third-order valence-corrected chi connectivity index (χ3v) is 3.64. The molecular weight excluding hydrogens is 321 g/mol. The lowest BCUT2D eigenvalue weighted by molar-refractivity contribution is 0.608. The molecule has 20 heavy (non-hydrogen) atoms. The Morgan fingerprint density at radius 2 is 2.05 bits per heavy atom. The summed E-state index contributed by atoms with van der Waals surface area (Å²) >= 11 is 3.27. The Hall–Kier alpha value is -1.93. The van der Waals surface area contributed by atoms with Gasteiger partial charge in [0, 0.05) is 13.6 Å². The Kier molecular flexibility index (Phi) is 4.70. The largest absolute Gasteiger partial charge is 0.359 e. The highest BCUT2D eigenvalue weighted by Gasteiger charge is 2.08. The zero-order chi connectivity index (χ0) is 14.5. The normalized spacial score (nSPS) is 10.1. The quantitative estimate of drug-likeness (QED) is 0.859. The van der Waals surface area contributed by atoms with Crippen molar-refractivity contribution in [1.82, 2.24) is 4.98 Å². The van der Waals surface area contributed by atoms with Gasteiger partial charge in [-0.3, -0.25) is 0 Å². The molecule has 102 valence electrons. The molecular formula is C15H13BrFN3. The molecule has 0 saturated carbocycles. The Morgan fingerprint density at radius 3 is 2.75 bits per heavy atom. The molecule has 1 aromatic carbocycles. The van der Waals surface area contributed by atoms with E-state index in [1.165, 1.54) is 6.07 Å². The fourth-order valence-electron chi connectivity index (χ4n) is 1.83. The molecule has 0 atom stereocenters. The van der Waals surface area contributed by atoms with E-state index in [1.807, 2.05) is 30.1 Å². The molecule has 0 fully saturated rings. The zero-order valence-electron chi connectivity index (χ0n) is 11.0. The van der Waals surface area contributed by atoms with Crippen molar-refractivity contribution >= 4 is 21.7 Å². The minimum atomic E-state index is -0.192. The van der Waals surface area contributed by atoms with Crippen molar-refractivity contribution in [2.45, 2.75) is 6.42 Å². The number of benzene rings is 1. The van der Waals surface area contributed by atoms with Gasteiger partial charge >= 0.3 is 0 Å². The van der Waals surface area contributed by atoms with Gasteiger partial charge in [-0.1, -0.05) is 18.2 Å². The first-order valence-corrected chi connectivity index (χ1v) is 6.92. The second kappa shape index (κ2) is 6.49. The standard InChI is InChI=1S/C15H13BrFN3/c1-20(9-8-11-4-2-3-5-13(11)17)15-7-6-12(16)14(10-18)19-15/h2-7H,8-9H2,1H3. The van der Waals surface area contributed by atoms with Crippen LogP contribution in [-0.2, 0) is 6.42 Å². The molecule has 0 spiro atoms. The number of nitrogens with zero attached hydrogens (tertiary/aromatic N) is 3. The van der Waals surface area contributed by atoms with Crippen molar-refractivity contribution in [3.63, 3.8) is 0 Å². The number of halogens is 2. The van der Waals surface area contributed by atoms with Crippen LogP contribution in [0.3, 0.4) is 0 Å². The van der Waals surface area contributed by atoms with Gasteiger partial charge in [-0.05, 0) is 46.1 Å². The van der Waals surface area contributed by atoms with Crippen LogP contribution in [0.2, 0.25) is 0 Å². The predicted molar refractivity (Wildman–Crippen MR) is 80.0 cm³/mol. The van der Waals surface area contributed by atoms with Crippen molar-refractivity contribution in [2.75, 3.05) is 18.5 Å². The Bertz CT molecular complexity index is 652. The maximum Gasteiger partial charge on any atom is 0.157 e. The molecule has 2 aromatic rings. The Labute approximate surface area is 125 Å². The van der Waals surface area contributed by atoms with Crippen molar-refractivity contribution in [3.05, 3.63) is 57.9 Å². The molecule has 1 aromatic heterocycles. The predicted octanol–water partition coefficient (Wildman–Crippen LogP) is 3.53. The van der Waals surface area contributed by atoms with Crippen LogP contribution in [0.25, 0.3) is 0 Å². The molecule has 0 radical (unpaired) electrons. The molecule has 0 N–H and O–H groups in total. The van der Waals surface area contributed by atoms with Gasteiger partial charge in [0.15, 0.2) is 5.69 Å². The molecule has 1 heterocycles. The van der Waals surface area contributed by atoms with Gasteiger partial charge in [-0.25, -0.2) is 9.37 Å². The highest BCUT2D eigenvalue weighted by molar-refractivity contribution is 9.10. The first-order chi connectivity index (χ1) is 9.61. The maximum absolute atomic E-state index is 13.5. The number of pyridine rings is 1. The van der Waals surface area contributed by atoms with Gasteiger partial charge in [0.1, 0.15) is 17.7 Å². The lowest BCUT2D eigenvalue weighted by atomic mass is 10.1. The third kappa shape index (κ3) is 3.34. The summed E-state index contributed by atoms with van der Waals surface area (Å²) in [6.45, 7) is 0.625. The van der Waals surface area contributed by atoms with Crippen LogP contribution < -0.4 is 4.90 Å². The number of hydrogen-bond donors (Lipinski definition) is 0. The van der Waals surface area contributed by atoms with E-state index in [2.05, 4.69) is 20.9 Å². The molecule has 0 aliphatic carbocycles. The zero-order valence-corrected chi connectivity index (χ0v) is 12.6. The molecule has 0 aliphatic heterocycles. The number of hydrogen-bond acceptors (Lipinski definition) is 3. The highest BCUT2D eigenvalue weighted by atomic mass is 79.9. The fraction of sp³-hybridized carbons (Fsp3) is 0.200. The number of nitriles is 1. The van der Waals surface area contributed by atoms with Crippen molar-refractivity contribution < 1.29 is 4.39 Å². The second-order valence-corrected chi connectivity index (χ2v) is 5.23. The summed E-state index contributed by atoms with van der Waals surface area (Å²) in [6, 6.07) is 12.4. The molecule has 0 saturated heterocycles. The van der Waals surface area contributed by atoms with Crippen LogP contribution in [0.1, 0.15) is 11.3 Å². The summed E-state index contributed by atoms with van der Waals surface area (Å²) in [6.07, 6.45) is 0.586. The van der Waals surface area contributed by atoms with Gasteiger partial charge in [0.2, 0.25) is 0 Å². The number of aromatic nitrogens is 1. The average Bonchev–Trinajstić information content (AvgIpc) is 2.46. The van der Waals surface area contributed by atoms with Crippen LogP contribution in [-0.4, -0.2) is 18.6 Å². The third-order valence-electron chi connectivity index (χ3n) is 3.00. The summed E-state index contributed by atoms with van der Waals surface area (Å²) in [5.74, 6) is 0.503. The minimum Gasteiger partial charge on any atom is -0.359 e. The molecule has 0 unspecified atom stereocenters. The Morgan fingerprint density at radius 1 is 1.30 bits per heavy atom. The lowest BCUT2D eigenvalue weighted by Gasteiger charge is -2.18. The van der Waals surface area contributed by atoms with Gasteiger partial charge in [-0.15, -0.1) is 0 Å². The van der Waals surface area contributed by atoms with Crippen LogP contribution in [0.15, 0.2) is 40.9 Å². The number of likely N-dealkylation sites (N-methyl/N-ethyl adjacent to an activating group) is 1. The van der Waals surface area contributed by atoms with Gasteiger partial charge in [-0.2, -0.15) is 5.26 Å². The topological polar surface area (TPSA) is 39.9 Å². The van der Waals surface area contributed by atoms with Crippen molar-refractivity contribution in [3.8, 4) is 6.07 Å². The Balaban J connectivity index is 2.07. The highest BCUT2D eigenvalue weighted by Crippen LogP contribution is 2.19. The van der Waals surface area contributed by atoms with E-state index in [0.717, 1.165) is 0 Å². The van der Waals surface area contributed by atoms with E-state index in [0.29, 0.717) is 34.5 Å². The summed E-state index contributed by atoms with van der Waals surface area (Å²) in [5.41, 5.74) is 1.03. The van der Waals surface area contributed by atoms with Crippen LogP contribution >= 0.6 is 15.9 Å². The number of rotatable bonds is 4. The van der Waals surface area contributed by atoms with E-state index in [1.54, 1.807) is 18.2 Å². The van der Waals surface area contributed by atoms with E-state index in [9.17, 15) is 4.39 Å². The van der Waals surface area contributed by atoms with Crippen LogP contribution in [0, 0.1) is 17.1 Å². The first kappa shape index (κ1) is 14.5. The molecule has 0 aliphatic rings. The van der Waals surface area contributed by atoms with Crippen molar-refractivity contribution in [1.29, 1.82) is 5.26 Å². The van der Waals surface area contributed by atoms with Crippen LogP contribution in [0.5, 0.6) is 0 Å². The first-order valence-electron chi connectivity index (χ1n) is 6.13. The van der Waals surface area contributed by atoms with E-state index < -0.39 is 0 Å². The lowest BCUT2D eigenvalue weighted by Crippen LogP contribution is -2.22. The molecule has 0 amide bonds. The summed E-state index contributed by atoms with van der Waals surface area (Å²) in [7, 11) is 1.87. The molecule has 3 nitrogen and oxygen atoms in total. The summed E-state index contributed by atoms with van der Waals surface area (Å²) < 4.78 is 14.2. The van der Waals surface area contributed by atoms with Gasteiger partial charge < -0.3 is 4.90 Å².